The molecule has 2 aromatic carbocycles. The van der Waals surface area contributed by atoms with E-state index in [1.54, 1.807) is 0 Å². The first kappa shape index (κ1) is 17.3. The van der Waals surface area contributed by atoms with Crippen LogP contribution in [0.15, 0.2) is 42.5 Å². The lowest BCUT2D eigenvalue weighted by Gasteiger charge is -2.15. The van der Waals surface area contributed by atoms with Gasteiger partial charge in [0, 0.05) is 11.6 Å². The average Bonchev–Trinajstić information content (AvgIpc) is 2.53. The van der Waals surface area contributed by atoms with Crippen LogP contribution in [0.4, 0.5) is 13.2 Å². The van der Waals surface area contributed by atoms with Gasteiger partial charge < -0.3 is 4.74 Å². The monoisotopic (exact) mass is 338 g/mol. The van der Waals surface area contributed by atoms with Crippen molar-refractivity contribution < 1.29 is 27.5 Å². The standard InChI is InChI=1S/C16H13F3N2O3/c1-9(24-14-5-3-2-4-13(14)19)15(22)20-21-16(23)10-6-11(17)8-12(18)7-10/h2-9H,1H3,(H,20,22)(H,21,23)/t9-/m1/s1. The molecule has 0 unspecified atom stereocenters. The Balaban J connectivity index is 1.92. The van der Waals surface area contributed by atoms with Gasteiger partial charge in [0.15, 0.2) is 17.7 Å². The molecule has 0 aromatic heterocycles. The summed E-state index contributed by atoms with van der Waals surface area (Å²) in [5.41, 5.74) is 3.71. The van der Waals surface area contributed by atoms with E-state index < -0.39 is 35.4 Å². The van der Waals surface area contributed by atoms with Crippen LogP contribution < -0.4 is 15.6 Å². The van der Waals surface area contributed by atoms with Crippen molar-refractivity contribution in [2.45, 2.75) is 13.0 Å². The molecule has 0 spiro atoms. The average molecular weight is 338 g/mol. The van der Waals surface area contributed by atoms with Gasteiger partial charge in [-0.1, -0.05) is 12.1 Å². The summed E-state index contributed by atoms with van der Waals surface area (Å²) in [5.74, 6) is -4.32. The third-order valence-electron chi connectivity index (χ3n) is 2.93. The van der Waals surface area contributed by atoms with Gasteiger partial charge in [0.2, 0.25) is 0 Å². The molecule has 0 radical (unpaired) electrons. The summed E-state index contributed by atoms with van der Waals surface area (Å²) >= 11 is 0. The molecule has 0 fully saturated rings. The van der Waals surface area contributed by atoms with Crippen molar-refractivity contribution in [2.75, 3.05) is 0 Å². The first-order valence-electron chi connectivity index (χ1n) is 6.84. The number of hydrazine groups is 1. The van der Waals surface area contributed by atoms with Gasteiger partial charge in [0.1, 0.15) is 11.6 Å². The van der Waals surface area contributed by atoms with Gasteiger partial charge >= 0.3 is 0 Å². The van der Waals surface area contributed by atoms with Crippen LogP contribution in [0.3, 0.4) is 0 Å². The highest BCUT2D eigenvalue weighted by molar-refractivity contribution is 5.95. The normalized spacial score (nSPS) is 11.5. The number of rotatable bonds is 4. The topological polar surface area (TPSA) is 67.4 Å². The number of nitrogens with one attached hydrogen (secondary N) is 2. The van der Waals surface area contributed by atoms with E-state index in [1.807, 2.05) is 10.9 Å². The van der Waals surface area contributed by atoms with Crippen molar-refractivity contribution in [3.8, 4) is 5.75 Å². The molecule has 5 nitrogen and oxygen atoms in total. The Morgan fingerprint density at radius 1 is 1.00 bits per heavy atom. The second kappa shape index (κ2) is 7.49. The highest BCUT2D eigenvalue weighted by Gasteiger charge is 2.17. The Hall–Kier alpha value is -3.03. The number of hydrogen-bond donors (Lipinski definition) is 2. The van der Waals surface area contributed by atoms with Gasteiger partial charge in [-0.2, -0.15) is 0 Å². The van der Waals surface area contributed by atoms with Crippen LogP contribution in [-0.2, 0) is 4.79 Å². The number of benzene rings is 2. The molecular formula is C16H13F3N2O3. The fourth-order valence-electron chi connectivity index (χ4n) is 1.76. The van der Waals surface area contributed by atoms with Crippen molar-refractivity contribution >= 4 is 11.8 Å². The van der Waals surface area contributed by atoms with E-state index in [2.05, 4.69) is 0 Å². The van der Waals surface area contributed by atoms with Crippen LogP contribution in [0.25, 0.3) is 0 Å². The largest absolute Gasteiger partial charge is 0.478 e. The molecule has 24 heavy (non-hydrogen) atoms. The first-order valence-corrected chi connectivity index (χ1v) is 6.84. The Morgan fingerprint density at radius 3 is 2.25 bits per heavy atom. The smallest absolute Gasteiger partial charge is 0.279 e. The molecule has 0 aliphatic heterocycles. The zero-order chi connectivity index (χ0) is 17.7. The molecular weight excluding hydrogens is 325 g/mol. The van der Waals surface area contributed by atoms with Crippen molar-refractivity contribution in [3.63, 3.8) is 0 Å². The summed E-state index contributed by atoms with van der Waals surface area (Å²) in [6, 6.07) is 7.73. The van der Waals surface area contributed by atoms with Gasteiger partial charge in [-0.3, -0.25) is 20.4 Å². The number of halogens is 3. The lowest BCUT2D eigenvalue weighted by Crippen LogP contribution is -2.47. The predicted octanol–water partition coefficient (Wildman–Crippen LogP) is 2.33. The van der Waals surface area contributed by atoms with Gasteiger partial charge in [0.25, 0.3) is 11.8 Å². The summed E-state index contributed by atoms with van der Waals surface area (Å²) in [6.45, 7) is 1.34. The SMILES string of the molecule is C[C@@H](Oc1ccccc1F)C(=O)NNC(=O)c1cc(F)cc(F)c1. The highest BCUT2D eigenvalue weighted by atomic mass is 19.1. The van der Waals surface area contributed by atoms with E-state index >= 15 is 0 Å². The summed E-state index contributed by atoms with van der Waals surface area (Å²) < 4.78 is 44.6. The second-order valence-electron chi connectivity index (χ2n) is 4.79. The molecule has 0 heterocycles. The molecule has 2 N–H and O–H groups in total. The van der Waals surface area contributed by atoms with E-state index in [4.69, 9.17) is 4.74 Å². The second-order valence-corrected chi connectivity index (χ2v) is 4.79. The quantitative estimate of drug-likeness (QED) is 0.841. The lowest BCUT2D eigenvalue weighted by molar-refractivity contribution is -0.128. The summed E-state index contributed by atoms with van der Waals surface area (Å²) in [6.07, 6.45) is -1.12. The van der Waals surface area contributed by atoms with Gasteiger partial charge in [-0.05, 0) is 31.2 Å². The van der Waals surface area contributed by atoms with Crippen molar-refractivity contribution in [1.82, 2.24) is 10.9 Å². The summed E-state index contributed by atoms with van der Waals surface area (Å²) in [5, 5.41) is 0. The maximum atomic E-state index is 13.4. The van der Waals surface area contributed by atoms with Crippen LogP contribution in [0.2, 0.25) is 0 Å². The van der Waals surface area contributed by atoms with Gasteiger partial charge in [0.05, 0.1) is 0 Å². The molecule has 0 bridgehead atoms. The van der Waals surface area contributed by atoms with E-state index in [0.717, 1.165) is 12.1 Å². The molecule has 2 rings (SSSR count). The predicted molar refractivity (Wildman–Crippen MR) is 78.5 cm³/mol. The molecule has 2 amide bonds. The summed E-state index contributed by atoms with van der Waals surface area (Å²) in [7, 11) is 0. The van der Waals surface area contributed by atoms with E-state index in [0.29, 0.717) is 6.07 Å². The lowest BCUT2D eigenvalue weighted by atomic mass is 10.2. The third kappa shape index (κ3) is 4.48. The van der Waals surface area contributed by atoms with Crippen LogP contribution in [0.5, 0.6) is 5.75 Å². The van der Waals surface area contributed by atoms with Crippen LogP contribution >= 0.6 is 0 Å². The van der Waals surface area contributed by atoms with Crippen molar-refractivity contribution in [2.24, 2.45) is 0 Å². The molecule has 0 aliphatic rings. The van der Waals surface area contributed by atoms with Crippen LogP contribution in [-0.4, -0.2) is 17.9 Å². The minimum absolute atomic E-state index is 0.126. The Bertz CT molecular complexity index is 748. The van der Waals surface area contributed by atoms with Crippen molar-refractivity contribution in [1.29, 1.82) is 0 Å². The molecule has 0 saturated carbocycles. The first-order chi connectivity index (χ1) is 11.4. The van der Waals surface area contributed by atoms with Gasteiger partial charge in [-0.15, -0.1) is 0 Å². The minimum atomic E-state index is -1.12. The van der Waals surface area contributed by atoms with E-state index in [-0.39, 0.29) is 11.3 Å². The summed E-state index contributed by atoms with van der Waals surface area (Å²) in [4.78, 5) is 23.5. The molecule has 0 aliphatic carbocycles. The number of hydrogen-bond acceptors (Lipinski definition) is 3. The fraction of sp³-hybridized carbons (Fsp3) is 0.125. The van der Waals surface area contributed by atoms with Crippen LogP contribution in [0, 0.1) is 17.5 Å². The van der Waals surface area contributed by atoms with E-state index in [9.17, 15) is 22.8 Å². The maximum absolute atomic E-state index is 13.4. The Morgan fingerprint density at radius 2 is 1.62 bits per heavy atom. The molecule has 8 heteroatoms. The third-order valence-corrected chi connectivity index (χ3v) is 2.93. The number of ether oxygens (including phenoxy) is 1. The Labute approximate surface area is 135 Å². The molecule has 1 atom stereocenters. The number of carbonyl (C=O) groups is 2. The van der Waals surface area contributed by atoms with Crippen molar-refractivity contribution in [3.05, 3.63) is 65.5 Å². The number of amides is 2. The molecule has 2 aromatic rings. The highest BCUT2D eigenvalue weighted by Crippen LogP contribution is 2.16. The Kier molecular flexibility index (Phi) is 5.41. The zero-order valence-electron chi connectivity index (χ0n) is 12.5. The molecule has 126 valence electrons. The fourth-order valence-corrected chi connectivity index (χ4v) is 1.76. The van der Waals surface area contributed by atoms with Crippen LogP contribution in [0.1, 0.15) is 17.3 Å². The van der Waals surface area contributed by atoms with Gasteiger partial charge in [-0.25, -0.2) is 13.2 Å². The number of para-hydroxylation sites is 1. The zero-order valence-corrected chi connectivity index (χ0v) is 12.5. The maximum Gasteiger partial charge on any atom is 0.279 e. The van der Waals surface area contributed by atoms with E-state index in [1.165, 1.54) is 31.2 Å². The minimum Gasteiger partial charge on any atom is -0.478 e. The molecule has 0 saturated heterocycles. The number of carbonyl (C=O) groups excluding carboxylic acids is 2.